The molecule has 1 amide bonds. The third-order valence-electron chi connectivity index (χ3n) is 4.84. The molecule has 1 fully saturated rings. The molecule has 0 aromatic carbocycles. The average molecular weight is 333 g/mol. The number of amides is 1. The zero-order chi connectivity index (χ0) is 17.6. The molecule has 5 heteroatoms. The van der Waals surface area contributed by atoms with Crippen LogP contribution in [0.3, 0.4) is 0 Å². The van der Waals surface area contributed by atoms with Gasteiger partial charge in [-0.15, -0.1) is 0 Å². The Morgan fingerprint density at radius 1 is 1.38 bits per heavy atom. The molecule has 24 heavy (non-hydrogen) atoms. The molecule has 0 bridgehead atoms. The van der Waals surface area contributed by atoms with Crippen molar-refractivity contribution >= 4 is 11.7 Å². The molecular weight excluding hydrogens is 302 g/mol. The maximum Gasteiger partial charge on any atom is 0.223 e. The van der Waals surface area contributed by atoms with Gasteiger partial charge in [0.1, 0.15) is 5.82 Å². The molecular formula is C19H31N3O2. The Bertz CT molecular complexity index is 520. The van der Waals surface area contributed by atoms with E-state index in [0.29, 0.717) is 6.54 Å². The van der Waals surface area contributed by atoms with Crippen molar-refractivity contribution in [2.75, 3.05) is 31.1 Å². The fourth-order valence-corrected chi connectivity index (χ4v) is 3.02. The summed E-state index contributed by atoms with van der Waals surface area (Å²) in [6, 6.07) is 4.13. The van der Waals surface area contributed by atoms with E-state index in [2.05, 4.69) is 27.3 Å². The third kappa shape index (κ3) is 5.48. The summed E-state index contributed by atoms with van der Waals surface area (Å²) in [5.41, 5.74) is 1.11. The normalized spacial score (nSPS) is 16.2. The summed E-state index contributed by atoms with van der Waals surface area (Å²) in [5, 5.41) is 12.3. The lowest BCUT2D eigenvalue weighted by Gasteiger charge is -2.32. The predicted molar refractivity (Wildman–Crippen MR) is 97.0 cm³/mol. The summed E-state index contributed by atoms with van der Waals surface area (Å²) in [6.45, 7) is 8.77. The molecule has 1 aliphatic heterocycles. The molecule has 2 rings (SSSR count). The van der Waals surface area contributed by atoms with Gasteiger partial charge in [-0.25, -0.2) is 4.98 Å². The predicted octanol–water partition coefficient (Wildman–Crippen LogP) is 2.52. The summed E-state index contributed by atoms with van der Waals surface area (Å²) in [5.74, 6) is 1.29. The molecule has 2 heterocycles. The standard InChI is InChI=1S/C19H31N3O2/c1-15-5-6-17(21-13-15)22-11-7-16(8-12-22)18(24)20-10-4-9-19(2,3)14-23/h5-6,13,16,23H,4,7-12,14H2,1-3H3,(H,20,24). The van der Waals surface area contributed by atoms with Crippen molar-refractivity contribution in [1.82, 2.24) is 10.3 Å². The first-order valence-electron chi connectivity index (χ1n) is 8.97. The van der Waals surface area contributed by atoms with E-state index >= 15 is 0 Å². The van der Waals surface area contributed by atoms with Gasteiger partial charge in [0.05, 0.1) is 0 Å². The van der Waals surface area contributed by atoms with Crippen LogP contribution in [0.25, 0.3) is 0 Å². The second-order valence-electron chi connectivity index (χ2n) is 7.67. The number of aromatic nitrogens is 1. The minimum Gasteiger partial charge on any atom is -0.396 e. The van der Waals surface area contributed by atoms with Crippen LogP contribution in [-0.4, -0.2) is 42.2 Å². The lowest BCUT2D eigenvalue weighted by Crippen LogP contribution is -2.41. The van der Waals surface area contributed by atoms with Crippen LogP contribution in [0.1, 0.15) is 45.1 Å². The van der Waals surface area contributed by atoms with Crippen LogP contribution in [0.4, 0.5) is 5.82 Å². The number of rotatable bonds is 7. The second-order valence-corrected chi connectivity index (χ2v) is 7.67. The van der Waals surface area contributed by atoms with Gasteiger partial charge < -0.3 is 15.3 Å². The van der Waals surface area contributed by atoms with Crippen molar-refractivity contribution < 1.29 is 9.90 Å². The highest BCUT2D eigenvalue weighted by molar-refractivity contribution is 5.78. The van der Waals surface area contributed by atoms with Crippen LogP contribution in [-0.2, 0) is 4.79 Å². The number of hydrogen-bond donors (Lipinski definition) is 2. The molecule has 134 valence electrons. The van der Waals surface area contributed by atoms with E-state index in [4.69, 9.17) is 0 Å². The van der Waals surface area contributed by atoms with Crippen LogP contribution >= 0.6 is 0 Å². The first kappa shape index (κ1) is 18.7. The number of hydrogen-bond acceptors (Lipinski definition) is 4. The molecule has 0 radical (unpaired) electrons. The molecule has 5 nitrogen and oxygen atoms in total. The van der Waals surface area contributed by atoms with E-state index < -0.39 is 0 Å². The minimum atomic E-state index is -0.0584. The number of carbonyl (C=O) groups is 1. The summed E-state index contributed by atoms with van der Waals surface area (Å²) >= 11 is 0. The van der Waals surface area contributed by atoms with Crippen LogP contribution in [0, 0.1) is 18.3 Å². The number of aryl methyl sites for hydroxylation is 1. The molecule has 2 N–H and O–H groups in total. The Kier molecular flexibility index (Phi) is 6.60. The number of carbonyl (C=O) groups excluding carboxylic acids is 1. The summed E-state index contributed by atoms with van der Waals surface area (Å²) < 4.78 is 0. The van der Waals surface area contributed by atoms with Crippen molar-refractivity contribution in [3.05, 3.63) is 23.9 Å². The Morgan fingerprint density at radius 3 is 2.67 bits per heavy atom. The van der Waals surface area contributed by atoms with Gasteiger partial charge in [-0.1, -0.05) is 19.9 Å². The van der Waals surface area contributed by atoms with E-state index in [1.807, 2.05) is 27.0 Å². The molecule has 0 unspecified atom stereocenters. The largest absolute Gasteiger partial charge is 0.396 e. The monoisotopic (exact) mass is 333 g/mol. The van der Waals surface area contributed by atoms with Crippen LogP contribution in [0.5, 0.6) is 0 Å². The lowest BCUT2D eigenvalue weighted by molar-refractivity contribution is -0.125. The summed E-state index contributed by atoms with van der Waals surface area (Å²) in [7, 11) is 0. The van der Waals surface area contributed by atoms with Gasteiger partial charge in [0, 0.05) is 38.4 Å². The van der Waals surface area contributed by atoms with Gasteiger partial charge >= 0.3 is 0 Å². The maximum atomic E-state index is 12.3. The average Bonchev–Trinajstić information content (AvgIpc) is 2.59. The third-order valence-corrected chi connectivity index (χ3v) is 4.84. The Morgan fingerprint density at radius 2 is 2.08 bits per heavy atom. The van der Waals surface area contributed by atoms with E-state index in [1.54, 1.807) is 0 Å². The molecule has 0 atom stereocenters. The number of nitrogens with one attached hydrogen (secondary N) is 1. The van der Waals surface area contributed by atoms with Crippen molar-refractivity contribution in [3.63, 3.8) is 0 Å². The fraction of sp³-hybridized carbons (Fsp3) is 0.684. The van der Waals surface area contributed by atoms with E-state index in [9.17, 15) is 9.90 Å². The zero-order valence-corrected chi connectivity index (χ0v) is 15.2. The molecule has 1 aromatic rings. The molecule has 0 spiro atoms. The fourth-order valence-electron chi connectivity index (χ4n) is 3.02. The molecule has 1 aliphatic rings. The molecule has 1 saturated heterocycles. The number of pyridine rings is 1. The summed E-state index contributed by atoms with van der Waals surface area (Å²) in [4.78, 5) is 19.0. The molecule has 1 aromatic heterocycles. The highest BCUT2D eigenvalue weighted by atomic mass is 16.3. The number of aliphatic hydroxyl groups is 1. The van der Waals surface area contributed by atoms with Crippen molar-refractivity contribution in [2.24, 2.45) is 11.3 Å². The van der Waals surface area contributed by atoms with Crippen molar-refractivity contribution in [2.45, 2.75) is 46.5 Å². The number of piperidine rings is 1. The van der Waals surface area contributed by atoms with Gasteiger partial charge in [0.15, 0.2) is 0 Å². The van der Waals surface area contributed by atoms with E-state index in [-0.39, 0.29) is 23.8 Å². The molecule has 0 aliphatic carbocycles. The topological polar surface area (TPSA) is 65.5 Å². The van der Waals surface area contributed by atoms with E-state index in [1.165, 1.54) is 0 Å². The highest BCUT2D eigenvalue weighted by Gasteiger charge is 2.25. The van der Waals surface area contributed by atoms with Gasteiger partial charge in [0.2, 0.25) is 5.91 Å². The highest BCUT2D eigenvalue weighted by Crippen LogP contribution is 2.23. The Labute approximate surface area is 145 Å². The van der Waals surface area contributed by atoms with Crippen LogP contribution in [0.15, 0.2) is 18.3 Å². The SMILES string of the molecule is Cc1ccc(N2CCC(C(=O)NCCCC(C)(C)CO)CC2)nc1. The summed E-state index contributed by atoms with van der Waals surface area (Å²) in [6.07, 6.45) is 5.47. The number of nitrogens with zero attached hydrogens (tertiary/aromatic N) is 2. The van der Waals surface area contributed by atoms with Gasteiger partial charge in [-0.05, 0) is 49.7 Å². The smallest absolute Gasteiger partial charge is 0.223 e. The van der Waals surface area contributed by atoms with Crippen LogP contribution in [0.2, 0.25) is 0 Å². The quantitative estimate of drug-likeness (QED) is 0.753. The minimum absolute atomic E-state index is 0.0584. The Hall–Kier alpha value is -1.62. The van der Waals surface area contributed by atoms with Crippen LogP contribution < -0.4 is 10.2 Å². The second kappa shape index (κ2) is 8.47. The molecule has 0 saturated carbocycles. The maximum absolute atomic E-state index is 12.3. The number of anilines is 1. The number of aliphatic hydroxyl groups excluding tert-OH is 1. The first-order chi connectivity index (χ1) is 11.4. The van der Waals surface area contributed by atoms with Gasteiger partial charge in [0.25, 0.3) is 0 Å². The van der Waals surface area contributed by atoms with Crippen molar-refractivity contribution in [1.29, 1.82) is 0 Å². The van der Waals surface area contributed by atoms with Gasteiger partial charge in [-0.3, -0.25) is 4.79 Å². The first-order valence-corrected chi connectivity index (χ1v) is 8.97. The zero-order valence-electron chi connectivity index (χ0n) is 15.2. The van der Waals surface area contributed by atoms with Gasteiger partial charge in [-0.2, -0.15) is 0 Å². The van der Waals surface area contributed by atoms with E-state index in [0.717, 1.165) is 50.2 Å². The van der Waals surface area contributed by atoms with Crippen molar-refractivity contribution in [3.8, 4) is 0 Å². The Balaban J connectivity index is 1.70. The lowest BCUT2D eigenvalue weighted by atomic mass is 9.89.